The van der Waals surface area contributed by atoms with Crippen LogP contribution in [-0.4, -0.2) is 16.4 Å². The fourth-order valence-electron chi connectivity index (χ4n) is 0. The van der Waals surface area contributed by atoms with Gasteiger partial charge in [-0.1, -0.05) is 0 Å². The molecule has 4 N–H and O–H groups in total. The van der Waals surface area contributed by atoms with Crippen LogP contribution in [0, 0.1) is 0 Å². The van der Waals surface area contributed by atoms with Gasteiger partial charge in [0.1, 0.15) is 0 Å². The molecule has 0 rings (SSSR count). The first-order chi connectivity index (χ1) is 2.73. The number of aliphatic hydroxyl groups excluding tert-OH is 1. The minimum absolute atomic E-state index is 0. The molecule has 0 aromatic heterocycles. The zero-order chi connectivity index (χ0) is 5.58. The Labute approximate surface area is 49.5 Å². The Bertz CT molecular complexity index is 17.7. The third-order valence-corrected chi connectivity index (χ3v) is 0. The normalized spacial score (nSPS) is 6.00. The molecule has 0 aliphatic carbocycles. The van der Waals surface area contributed by atoms with E-state index >= 15 is 0 Å². The second-order valence-electron chi connectivity index (χ2n) is 1.09. The van der Waals surface area contributed by atoms with Gasteiger partial charge in [-0.25, -0.2) is 5.90 Å². The summed E-state index contributed by atoms with van der Waals surface area (Å²) >= 11 is 0. The fraction of sp³-hybridized carbons (Fsp3) is 1.00. The maximum absolute atomic E-state index is 8.06. The van der Waals surface area contributed by atoms with Gasteiger partial charge in [-0.15, -0.1) is 12.4 Å². The molecule has 4 heteroatoms. The predicted octanol–water partition coefficient (Wildman–Crippen LogP) is 0.143. The van der Waals surface area contributed by atoms with E-state index in [4.69, 9.17) is 10.3 Å². The van der Waals surface area contributed by atoms with Crippen molar-refractivity contribution in [3.05, 3.63) is 0 Å². The van der Waals surface area contributed by atoms with Crippen molar-refractivity contribution >= 4 is 12.4 Å². The highest BCUT2D eigenvalue weighted by Crippen LogP contribution is 1.65. The molecular weight excluding hydrogens is 117 g/mol. The van der Waals surface area contributed by atoms with Crippen molar-refractivity contribution in [2.45, 2.75) is 20.0 Å². The molecule has 0 unspecified atom stereocenters. The minimum atomic E-state index is -0.167. The topological polar surface area (TPSA) is 66.5 Å². The number of rotatable bonds is 0. The summed E-state index contributed by atoms with van der Waals surface area (Å²) in [5.41, 5.74) is 0. The first kappa shape index (κ1) is 15.7. The van der Waals surface area contributed by atoms with Crippen LogP contribution < -0.4 is 5.90 Å². The highest BCUT2D eigenvalue weighted by Gasteiger charge is 1.69. The van der Waals surface area contributed by atoms with Gasteiger partial charge < -0.3 is 10.3 Å². The van der Waals surface area contributed by atoms with E-state index in [-0.39, 0.29) is 18.5 Å². The van der Waals surface area contributed by atoms with Crippen LogP contribution in [-0.2, 0) is 0 Å². The van der Waals surface area contributed by atoms with Gasteiger partial charge in [-0.2, -0.15) is 0 Å². The molecule has 0 heterocycles. The van der Waals surface area contributed by atoms with Gasteiger partial charge in [0.05, 0.1) is 0 Å². The molecule has 48 valence electrons. The second kappa shape index (κ2) is 16.4. The minimum Gasteiger partial charge on any atom is -0.394 e. The van der Waals surface area contributed by atoms with Crippen molar-refractivity contribution in [3.8, 4) is 0 Å². The molecule has 0 atom stereocenters. The standard InChI is InChI=1S/C3H8O.ClH.H3NO/c1-3(2)4;;1-2/h3-4H,1-2H3;1H;2H,1H2. The molecule has 0 aromatic carbocycles. The zero-order valence-electron chi connectivity index (χ0n) is 4.46. The quantitative estimate of drug-likeness (QED) is 0.408. The molecule has 3 nitrogen and oxygen atoms in total. The molecular formula is C3H12ClNO2. The molecule has 0 saturated carbocycles. The van der Waals surface area contributed by atoms with Crippen molar-refractivity contribution in [1.29, 1.82) is 0 Å². The highest BCUT2D eigenvalue weighted by atomic mass is 35.5. The molecule has 0 aromatic rings. The van der Waals surface area contributed by atoms with E-state index in [9.17, 15) is 0 Å². The summed E-state index contributed by atoms with van der Waals surface area (Å²) in [6.07, 6.45) is -0.167. The lowest BCUT2D eigenvalue weighted by Crippen LogP contribution is -1.85. The smallest absolute Gasteiger partial charge is 0.0483 e. The SMILES string of the molecule is CC(C)O.Cl.NO. The van der Waals surface area contributed by atoms with Gasteiger partial charge in [-0.05, 0) is 13.8 Å². The van der Waals surface area contributed by atoms with Crippen LogP contribution in [0.2, 0.25) is 0 Å². The number of hydrogen-bond donors (Lipinski definition) is 3. The molecule has 0 bridgehead atoms. The molecule has 0 spiro atoms. The van der Waals surface area contributed by atoms with Gasteiger partial charge in [0.2, 0.25) is 0 Å². The van der Waals surface area contributed by atoms with Crippen molar-refractivity contribution in [2.24, 2.45) is 5.90 Å². The van der Waals surface area contributed by atoms with Crippen LogP contribution in [0.3, 0.4) is 0 Å². The first-order valence-electron chi connectivity index (χ1n) is 1.67. The molecule has 0 fully saturated rings. The van der Waals surface area contributed by atoms with E-state index in [0.717, 1.165) is 0 Å². The highest BCUT2D eigenvalue weighted by molar-refractivity contribution is 5.85. The Morgan fingerprint density at radius 1 is 1.29 bits per heavy atom. The van der Waals surface area contributed by atoms with Gasteiger partial charge in [0.25, 0.3) is 0 Å². The summed E-state index contributed by atoms with van der Waals surface area (Å²) in [6.45, 7) is 3.44. The molecule has 0 radical (unpaired) electrons. The summed E-state index contributed by atoms with van der Waals surface area (Å²) in [7, 11) is 0. The monoisotopic (exact) mass is 129 g/mol. The van der Waals surface area contributed by atoms with Gasteiger partial charge in [-0.3, -0.25) is 0 Å². The fourth-order valence-corrected chi connectivity index (χ4v) is 0. The summed E-state index contributed by atoms with van der Waals surface area (Å²) in [5, 5.41) is 14.6. The van der Waals surface area contributed by atoms with E-state index < -0.39 is 0 Å². The van der Waals surface area contributed by atoms with Crippen LogP contribution in [0.5, 0.6) is 0 Å². The number of halogens is 1. The Kier molecular flexibility index (Phi) is 36.8. The molecule has 7 heavy (non-hydrogen) atoms. The number of aliphatic hydroxyl groups is 1. The van der Waals surface area contributed by atoms with Crippen LogP contribution in [0.15, 0.2) is 0 Å². The predicted molar refractivity (Wildman–Crippen MR) is 30.6 cm³/mol. The Morgan fingerprint density at radius 3 is 1.29 bits per heavy atom. The first-order valence-corrected chi connectivity index (χ1v) is 1.67. The van der Waals surface area contributed by atoms with Crippen molar-refractivity contribution < 1.29 is 10.3 Å². The molecule has 0 saturated heterocycles. The maximum Gasteiger partial charge on any atom is 0.0483 e. The molecule has 0 amide bonds. The van der Waals surface area contributed by atoms with E-state index in [1.807, 2.05) is 0 Å². The van der Waals surface area contributed by atoms with Crippen molar-refractivity contribution in [3.63, 3.8) is 0 Å². The Balaban J connectivity index is -0.0000000480. The maximum atomic E-state index is 8.06. The van der Waals surface area contributed by atoms with Crippen molar-refractivity contribution in [2.75, 3.05) is 0 Å². The van der Waals surface area contributed by atoms with Gasteiger partial charge >= 0.3 is 0 Å². The van der Waals surface area contributed by atoms with Gasteiger partial charge in [0, 0.05) is 6.10 Å². The Hall–Kier alpha value is 0.170. The third kappa shape index (κ3) is 3710. The van der Waals surface area contributed by atoms with E-state index in [0.29, 0.717) is 0 Å². The van der Waals surface area contributed by atoms with E-state index in [1.54, 1.807) is 13.8 Å². The van der Waals surface area contributed by atoms with Crippen LogP contribution in [0.1, 0.15) is 13.8 Å². The molecule has 0 aliphatic rings. The average molecular weight is 130 g/mol. The van der Waals surface area contributed by atoms with E-state index in [1.165, 1.54) is 0 Å². The largest absolute Gasteiger partial charge is 0.394 e. The van der Waals surface area contributed by atoms with Crippen LogP contribution >= 0.6 is 12.4 Å². The summed E-state index contributed by atoms with van der Waals surface area (Å²) in [6, 6.07) is 0. The summed E-state index contributed by atoms with van der Waals surface area (Å²) < 4.78 is 0. The summed E-state index contributed by atoms with van der Waals surface area (Å²) in [5.74, 6) is 3.50. The molecule has 0 aliphatic heterocycles. The average Bonchev–Trinajstić information content (AvgIpc) is 1.41. The third-order valence-electron chi connectivity index (χ3n) is 0. The van der Waals surface area contributed by atoms with E-state index in [2.05, 4.69) is 5.90 Å². The van der Waals surface area contributed by atoms with Crippen molar-refractivity contribution in [1.82, 2.24) is 0 Å². The zero-order valence-corrected chi connectivity index (χ0v) is 5.27. The Morgan fingerprint density at radius 2 is 1.29 bits per heavy atom. The van der Waals surface area contributed by atoms with Gasteiger partial charge in [0.15, 0.2) is 0 Å². The number of hydrogen-bond acceptors (Lipinski definition) is 3. The summed E-state index contributed by atoms with van der Waals surface area (Å²) in [4.78, 5) is 0. The lowest BCUT2D eigenvalue weighted by Gasteiger charge is -1.80. The lowest BCUT2D eigenvalue weighted by molar-refractivity contribution is 0.216. The number of nitrogens with two attached hydrogens (primary N) is 1. The lowest BCUT2D eigenvalue weighted by atomic mass is 10.5. The van der Waals surface area contributed by atoms with Crippen LogP contribution in [0.4, 0.5) is 0 Å². The second-order valence-corrected chi connectivity index (χ2v) is 1.09. The van der Waals surface area contributed by atoms with Crippen LogP contribution in [0.25, 0.3) is 0 Å².